The average Bonchev–Trinajstić information content (AvgIpc) is 2.82. The van der Waals surface area contributed by atoms with Crippen LogP contribution in [0.2, 0.25) is 0 Å². The second-order valence-corrected chi connectivity index (χ2v) is 8.09. The standard InChI is InChI=1S/C20H24O5/c1-11(21)25-13-4-6-14-12(9-13)3-5-16-15-7-8-17(22)19(15,2)10-18(23)20(14,16)24/h4,6,9,15-16,18,23-24H,3,5,7-8,10H2,1-2H3/t15-,16-,18-,19-,20-/m0/s1. The highest BCUT2D eigenvalue weighted by molar-refractivity contribution is 5.87. The lowest BCUT2D eigenvalue weighted by molar-refractivity contribution is -0.197. The van der Waals surface area contributed by atoms with E-state index in [1.54, 1.807) is 18.2 Å². The van der Waals surface area contributed by atoms with E-state index in [0.717, 1.165) is 24.8 Å². The topological polar surface area (TPSA) is 83.8 Å². The van der Waals surface area contributed by atoms with E-state index >= 15 is 0 Å². The Morgan fingerprint density at radius 3 is 2.68 bits per heavy atom. The van der Waals surface area contributed by atoms with Gasteiger partial charge in [0.25, 0.3) is 0 Å². The second-order valence-electron chi connectivity index (χ2n) is 8.09. The Morgan fingerprint density at radius 2 is 1.96 bits per heavy atom. The number of Topliss-reactive ketones (excluding diaryl/α,β-unsaturated/α-hetero) is 1. The van der Waals surface area contributed by atoms with Gasteiger partial charge in [-0.25, -0.2) is 0 Å². The van der Waals surface area contributed by atoms with Gasteiger partial charge in [0.1, 0.15) is 17.1 Å². The minimum absolute atomic E-state index is 0.106. The van der Waals surface area contributed by atoms with E-state index in [-0.39, 0.29) is 23.6 Å². The number of fused-ring (bicyclic) bond motifs is 5. The minimum atomic E-state index is -1.34. The molecule has 3 aliphatic rings. The molecule has 0 aromatic heterocycles. The summed E-state index contributed by atoms with van der Waals surface area (Å²) in [4.78, 5) is 23.6. The lowest BCUT2D eigenvalue weighted by Crippen LogP contribution is -2.59. The van der Waals surface area contributed by atoms with Crippen LogP contribution in [0, 0.1) is 17.3 Å². The molecule has 134 valence electrons. The lowest BCUT2D eigenvalue weighted by Gasteiger charge is -2.55. The summed E-state index contributed by atoms with van der Waals surface area (Å²) in [5.74, 6) is 0.272. The summed E-state index contributed by atoms with van der Waals surface area (Å²) in [6.07, 6.45) is 2.12. The Labute approximate surface area is 147 Å². The fourth-order valence-electron chi connectivity index (χ4n) is 5.63. The van der Waals surface area contributed by atoms with Gasteiger partial charge in [-0.3, -0.25) is 9.59 Å². The summed E-state index contributed by atoms with van der Waals surface area (Å²) in [7, 11) is 0. The van der Waals surface area contributed by atoms with Crippen LogP contribution in [0.25, 0.3) is 0 Å². The molecular formula is C20H24O5. The number of aryl methyl sites for hydroxylation is 1. The Balaban J connectivity index is 1.77. The molecular weight excluding hydrogens is 320 g/mol. The minimum Gasteiger partial charge on any atom is -0.427 e. The number of hydrogen-bond donors (Lipinski definition) is 2. The van der Waals surface area contributed by atoms with E-state index in [0.29, 0.717) is 24.2 Å². The summed E-state index contributed by atoms with van der Waals surface area (Å²) >= 11 is 0. The van der Waals surface area contributed by atoms with E-state index in [4.69, 9.17) is 4.74 Å². The van der Waals surface area contributed by atoms with Gasteiger partial charge in [0.2, 0.25) is 0 Å². The number of benzene rings is 1. The number of ether oxygens (including phenoxy) is 1. The van der Waals surface area contributed by atoms with Crippen molar-refractivity contribution >= 4 is 11.8 Å². The van der Waals surface area contributed by atoms with Crippen LogP contribution in [-0.2, 0) is 21.6 Å². The number of esters is 1. The van der Waals surface area contributed by atoms with Crippen molar-refractivity contribution in [3.05, 3.63) is 29.3 Å². The zero-order valence-electron chi connectivity index (χ0n) is 14.6. The number of aliphatic hydroxyl groups excluding tert-OH is 1. The number of aliphatic hydroxyl groups is 2. The zero-order valence-corrected chi connectivity index (χ0v) is 14.6. The fourth-order valence-corrected chi connectivity index (χ4v) is 5.63. The molecule has 2 fully saturated rings. The van der Waals surface area contributed by atoms with Gasteiger partial charge in [-0.1, -0.05) is 13.0 Å². The van der Waals surface area contributed by atoms with Gasteiger partial charge in [-0.15, -0.1) is 0 Å². The molecule has 1 aromatic carbocycles. The zero-order chi connectivity index (χ0) is 18.0. The first-order chi connectivity index (χ1) is 11.8. The van der Waals surface area contributed by atoms with E-state index < -0.39 is 17.1 Å². The maximum atomic E-state index is 12.4. The number of carbonyl (C=O) groups excluding carboxylic acids is 2. The molecule has 0 radical (unpaired) electrons. The molecule has 0 heterocycles. The van der Waals surface area contributed by atoms with Crippen LogP contribution in [0.15, 0.2) is 18.2 Å². The monoisotopic (exact) mass is 344 g/mol. The van der Waals surface area contributed by atoms with Gasteiger partial charge in [-0.05, 0) is 60.8 Å². The van der Waals surface area contributed by atoms with Crippen molar-refractivity contribution in [1.82, 2.24) is 0 Å². The first kappa shape index (κ1) is 16.7. The Kier molecular flexibility index (Phi) is 3.61. The summed E-state index contributed by atoms with van der Waals surface area (Å²) in [5.41, 5.74) is -0.235. The van der Waals surface area contributed by atoms with E-state index in [2.05, 4.69) is 0 Å². The molecule has 0 bridgehead atoms. The fraction of sp³-hybridized carbons (Fsp3) is 0.600. The number of rotatable bonds is 1. The van der Waals surface area contributed by atoms with Crippen LogP contribution in [0.5, 0.6) is 5.75 Å². The maximum Gasteiger partial charge on any atom is 0.308 e. The van der Waals surface area contributed by atoms with Gasteiger partial charge in [0.05, 0.1) is 6.10 Å². The SMILES string of the molecule is CC(=O)Oc1ccc2c(c1)CC[C@H]1[C@@H]3CCC(=O)[C@@]3(C)C[C@H](O)[C@]21O. The highest BCUT2D eigenvalue weighted by Gasteiger charge is 2.63. The lowest BCUT2D eigenvalue weighted by atomic mass is 9.52. The molecule has 2 N–H and O–H groups in total. The molecule has 0 amide bonds. The molecule has 0 saturated heterocycles. The summed E-state index contributed by atoms with van der Waals surface area (Å²) in [6, 6.07) is 5.22. The van der Waals surface area contributed by atoms with E-state index in [1.807, 2.05) is 6.92 Å². The van der Waals surface area contributed by atoms with Crippen molar-refractivity contribution < 1.29 is 24.5 Å². The van der Waals surface area contributed by atoms with Crippen LogP contribution in [0.3, 0.4) is 0 Å². The highest BCUT2D eigenvalue weighted by atomic mass is 16.5. The van der Waals surface area contributed by atoms with Gasteiger partial charge in [0, 0.05) is 18.8 Å². The molecule has 5 heteroatoms. The normalized spacial score (nSPS) is 39.4. The van der Waals surface area contributed by atoms with E-state index in [9.17, 15) is 19.8 Å². The number of carbonyl (C=O) groups is 2. The van der Waals surface area contributed by atoms with Gasteiger partial charge < -0.3 is 14.9 Å². The Morgan fingerprint density at radius 1 is 1.24 bits per heavy atom. The molecule has 3 aliphatic carbocycles. The summed E-state index contributed by atoms with van der Waals surface area (Å²) in [5, 5.41) is 22.4. The quantitative estimate of drug-likeness (QED) is 0.602. The van der Waals surface area contributed by atoms with Crippen molar-refractivity contribution in [2.24, 2.45) is 17.3 Å². The van der Waals surface area contributed by atoms with Crippen molar-refractivity contribution in [2.45, 2.75) is 57.7 Å². The Bertz CT molecular complexity index is 756. The van der Waals surface area contributed by atoms with Crippen LogP contribution in [0.1, 0.15) is 50.7 Å². The van der Waals surface area contributed by atoms with Gasteiger partial charge in [-0.2, -0.15) is 0 Å². The number of ketones is 1. The van der Waals surface area contributed by atoms with Crippen molar-refractivity contribution in [1.29, 1.82) is 0 Å². The molecule has 25 heavy (non-hydrogen) atoms. The molecule has 5 nitrogen and oxygen atoms in total. The van der Waals surface area contributed by atoms with Crippen molar-refractivity contribution in [3.8, 4) is 5.75 Å². The number of hydrogen-bond acceptors (Lipinski definition) is 5. The predicted octanol–water partition coefficient (Wildman–Crippen LogP) is 2.11. The first-order valence-corrected chi connectivity index (χ1v) is 9.02. The van der Waals surface area contributed by atoms with Gasteiger partial charge >= 0.3 is 5.97 Å². The molecule has 0 unspecified atom stereocenters. The highest BCUT2D eigenvalue weighted by Crippen LogP contribution is 2.61. The Hall–Kier alpha value is -1.72. The van der Waals surface area contributed by atoms with Crippen molar-refractivity contribution in [2.75, 3.05) is 0 Å². The van der Waals surface area contributed by atoms with Crippen molar-refractivity contribution in [3.63, 3.8) is 0 Å². The summed E-state index contributed by atoms with van der Waals surface area (Å²) in [6.45, 7) is 3.31. The molecule has 0 aliphatic heterocycles. The largest absolute Gasteiger partial charge is 0.427 e. The molecule has 0 spiro atoms. The molecule has 1 aromatic rings. The predicted molar refractivity (Wildman–Crippen MR) is 89.9 cm³/mol. The van der Waals surface area contributed by atoms with Crippen LogP contribution >= 0.6 is 0 Å². The average molecular weight is 344 g/mol. The summed E-state index contributed by atoms with van der Waals surface area (Å²) < 4.78 is 5.15. The third-order valence-electron chi connectivity index (χ3n) is 6.81. The van der Waals surface area contributed by atoms with Crippen LogP contribution < -0.4 is 4.74 Å². The van der Waals surface area contributed by atoms with Crippen LogP contribution in [0.4, 0.5) is 0 Å². The molecule has 2 saturated carbocycles. The third kappa shape index (κ3) is 2.22. The first-order valence-electron chi connectivity index (χ1n) is 9.02. The third-order valence-corrected chi connectivity index (χ3v) is 6.81. The molecule has 5 atom stereocenters. The van der Waals surface area contributed by atoms with Gasteiger partial charge in [0.15, 0.2) is 0 Å². The molecule has 4 rings (SSSR count). The maximum absolute atomic E-state index is 12.4. The van der Waals surface area contributed by atoms with Crippen LogP contribution in [-0.4, -0.2) is 28.1 Å². The second kappa shape index (κ2) is 5.39. The smallest absolute Gasteiger partial charge is 0.308 e. The van der Waals surface area contributed by atoms with E-state index in [1.165, 1.54) is 6.92 Å².